The first-order valence-corrected chi connectivity index (χ1v) is 5.37. The van der Waals surface area contributed by atoms with Gasteiger partial charge < -0.3 is 0 Å². The van der Waals surface area contributed by atoms with Gasteiger partial charge in [0.25, 0.3) is 0 Å². The minimum Gasteiger partial charge on any atom is -0.0614 e. The van der Waals surface area contributed by atoms with Crippen molar-refractivity contribution in [2.75, 3.05) is 0 Å². The third kappa shape index (κ3) is 2.27. The van der Waals surface area contributed by atoms with Gasteiger partial charge in [-0.25, -0.2) is 0 Å². The first-order valence-electron chi connectivity index (χ1n) is 5.37. The lowest BCUT2D eigenvalue weighted by molar-refractivity contribution is 1.14. The molecule has 0 aromatic heterocycles. The van der Waals surface area contributed by atoms with Gasteiger partial charge in [-0.3, -0.25) is 0 Å². The molecule has 0 saturated heterocycles. The van der Waals surface area contributed by atoms with Gasteiger partial charge in [0.15, 0.2) is 0 Å². The molecular formula is C15H15. The highest BCUT2D eigenvalue weighted by molar-refractivity contribution is 5.64. The molecule has 1 radical (unpaired) electrons. The summed E-state index contributed by atoms with van der Waals surface area (Å²) >= 11 is 0. The molecule has 2 aromatic carbocycles. The quantitative estimate of drug-likeness (QED) is 0.678. The fourth-order valence-corrected chi connectivity index (χ4v) is 1.65. The summed E-state index contributed by atoms with van der Waals surface area (Å²) in [5.74, 6) is 0. The Morgan fingerprint density at radius 3 is 2.60 bits per heavy atom. The van der Waals surface area contributed by atoms with Crippen LogP contribution in [0.4, 0.5) is 0 Å². The number of aryl methyl sites for hydroxylation is 2. The van der Waals surface area contributed by atoms with Crippen LogP contribution in [0.15, 0.2) is 42.5 Å². The van der Waals surface area contributed by atoms with Gasteiger partial charge in [0.05, 0.1) is 0 Å². The van der Waals surface area contributed by atoms with E-state index in [9.17, 15) is 0 Å². The Morgan fingerprint density at radius 2 is 1.93 bits per heavy atom. The van der Waals surface area contributed by atoms with Gasteiger partial charge in [-0.1, -0.05) is 43.3 Å². The van der Waals surface area contributed by atoms with Gasteiger partial charge in [-0.2, -0.15) is 0 Å². The van der Waals surface area contributed by atoms with Crippen molar-refractivity contribution in [2.45, 2.75) is 20.3 Å². The maximum Gasteiger partial charge on any atom is -0.0146 e. The van der Waals surface area contributed by atoms with Gasteiger partial charge >= 0.3 is 0 Å². The summed E-state index contributed by atoms with van der Waals surface area (Å²) in [5.41, 5.74) is 5.10. The maximum absolute atomic E-state index is 3.24. The van der Waals surface area contributed by atoms with Crippen molar-refractivity contribution in [3.05, 3.63) is 59.7 Å². The molecule has 0 spiro atoms. The topological polar surface area (TPSA) is 0 Å². The largest absolute Gasteiger partial charge is 0.0614 e. The number of hydrogen-bond acceptors (Lipinski definition) is 0. The summed E-state index contributed by atoms with van der Waals surface area (Å²) in [6, 6.07) is 18.2. The molecule has 0 atom stereocenters. The molecule has 0 aliphatic heterocycles. The van der Waals surface area contributed by atoms with Crippen molar-refractivity contribution in [3.8, 4) is 11.1 Å². The molecule has 2 rings (SSSR count). The summed E-state index contributed by atoms with van der Waals surface area (Å²) in [6.45, 7) is 4.24. The van der Waals surface area contributed by atoms with Crippen molar-refractivity contribution in [1.29, 1.82) is 0 Å². The van der Waals surface area contributed by atoms with E-state index < -0.39 is 0 Å². The molecule has 0 aliphatic rings. The van der Waals surface area contributed by atoms with E-state index in [-0.39, 0.29) is 0 Å². The van der Waals surface area contributed by atoms with Gasteiger partial charge in [0, 0.05) is 0 Å². The Morgan fingerprint density at radius 1 is 1.07 bits per heavy atom. The highest BCUT2D eigenvalue weighted by atomic mass is 14.0. The van der Waals surface area contributed by atoms with Crippen LogP contribution < -0.4 is 0 Å². The van der Waals surface area contributed by atoms with E-state index in [0.717, 1.165) is 6.42 Å². The van der Waals surface area contributed by atoms with Crippen LogP contribution in [0.25, 0.3) is 11.1 Å². The molecule has 0 fully saturated rings. The summed E-state index contributed by atoms with van der Waals surface area (Å²) in [4.78, 5) is 0. The van der Waals surface area contributed by atoms with E-state index in [1.165, 1.54) is 22.3 Å². The standard InChI is InChI=1S/C15H15/c1-3-13-5-4-6-15(11-13)14-9-7-12(2)8-10-14/h4-7,9-11H,3H2,1-2H3. The lowest BCUT2D eigenvalue weighted by Gasteiger charge is -2.04. The van der Waals surface area contributed by atoms with E-state index in [2.05, 4.69) is 62.4 Å². The van der Waals surface area contributed by atoms with E-state index in [1.54, 1.807) is 0 Å². The zero-order valence-corrected chi connectivity index (χ0v) is 9.25. The second-order valence-corrected chi connectivity index (χ2v) is 3.81. The van der Waals surface area contributed by atoms with Crippen LogP contribution in [-0.4, -0.2) is 0 Å². The second-order valence-electron chi connectivity index (χ2n) is 3.81. The van der Waals surface area contributed by atoms with E-state index in [0.29, 0.717) is 0 Å². The van der Waals surface area contributed by atoms with Crippen LogP contribution in [0.3, 0.4) is 0 Å². The Bertz CT molecular complexity index is 438. The number of hydrogen-bond donors (Lipinski definition) is 0. The fourth-order valence-electron chi connectivity index (χ4n) is 1.65. The normalized spacial score (nSPS) is 10.3. The van der Waals surface area contributed by atoms with E-state index >= 15 is 0 Å². The van der Waals surface area contributed by atoms with Gasteiger partial charge in [0.1, 0.15) is 0 Å². The van der Waals surface area contributed by atoms with E-state index in [1.807, 2.05) is 0 Å². The molecule has 0 bridgehead atoms. The van der Waals surface area contributed by atoms with Gasteiger partial charge in [0.2, 0.25) is 0 Å². The SMILES string of the molecule is CCc1cccc(-c2c[c]c(C)cc2)c1. The first-order chi connectivity index (χ1) is 7.29. The predicted octanol–water partition coefficient (Wildman–Crippen LogP) is 4.02. The second kappa shape index (κ2) is 4.31. The molecule has 0 aliphatic carbocycles. The molecule has 15 heavy (non-hydrogen) atoms. The molecule has 0 amide bonds. The van der Waals surface area contributed by atoms with Crippen LogP contribution in [0.1, 0.15) is 18.1 Å². The molecule has 0 heteroatoms. The third-order valence-corrected chi connectivity index (χ3v) is 2.64. The van der Waals surface area contributed by atoms with Crippen molar-refractivity contribution in [1.82, 2.24) is 0 Å². The number of rotatable bonds is 2. The zero-order chi connectivity index (χ0) is 10.7. The zero-order valence-electron chi connectivity index (χ0n) is 9.25. The number of benzene rings is 2. The predicted molar refractivity (Wildman–Crippen MR) is 64.8 cm³/mol. The summed E-state index contributed by atoms with van der Waals surface area (Å²) < 4.78 is 0. The Labute approximate surface area is 91.6 Å². The minimum absolute atomic E-state index is 1.09. The maximum atomic E-state index is 3.24. The monoisotopic (exact) mass is 195 g/mol. The lowest BCUT2D eigenvalue weighted by Crippen LogP contribution is -1.83. The highest BCUT2D eigenvalue weighted by Gasteiger charge is 1.97. The van der Waals surface area contributed by atoms with Crippen molar-refractivity contribution in [2.24, 2.45) is 0 Å². The molecule has 75 valence electrons. The van der Waals surface area contributed by atoms with Crippen molar-refractivity contribution >= 4 is 0 Å². The lowest BCUT2D eigenvalue weighted by atomic mass is 10.0. The molecule has 0 saturated carbocycles. The van der Waals surface area contributed by atoms with Crippen LogP contribution in [0, 0.1) is 13.0 Å². The van der Waals surface area contributed by atoms with Crippen LogP contribution >= 0.6 is 0 Å². The van der Waals surface area contributed by atoms with Gasteiger partial charge in [-0.05, 0) is 47.7 Å². The third-order valence-electron chi connectivity index (χ3n) is 2.64. The molecular weight excluding hydrogens is 180 g/mol. The first kappa shape index (κ1) is 9.97. The molecule has 0 heterocycles. The summed E-state index contributed by atoms with van der Waals surface area (Å²) in [6.07, 6.45) is 1.09. The molecule has 0 unspecified atom stereocenters. The summed E-state index contributed by atoms with van der Waals surface area (Å²) in [7, 11) is 0. The highest BCUT2D eigenvalue weighted by Crippen LogP contribution is 2.20. The minimum atomic E-state index is 1.09. The van der Waals surface area contributed by atoms with Crippen LogP contribution in [0.2, 0.25) is 0 Å². The van der Waals surface area contributed by atoms with Crippen LogP contribution in [0.5, 0.6) is 0 Å². The smallest absolute Gasteiger partial charge is 0.0146 e. The Hall–Kier alpha value is -1.56. The summed E-state index contributed by atoms with van der Waals surface area (Å²) in [5, 5.41) is 0. The molecule has 0 nitrogen and oxygen atoms in total. The Balaban J connectivity index is 2.40. The molecule has 0 N–H and O–H groups in total. The average molecular weight is 195 g/mol. The van der Waals surface area contributed by atoms with Gasteiger partial charge in [-0.15, -0.1) is 0 Å². The molecule has 2 aromatic rings. The van der Waals surface area contributed by atoms with Crippen molar-refractivity contribution < 1.29 is 0 Å². The Kier molecular flexibility index (Phi) is 2.86. The fraction of sp³-hybridized carbons (Fsp3) is 0.200. The van der Waals surface area contributed by atoms with Crippen molar-refractivity contribution in [3.63, 3.8) is 0 Å². The average Bonchev–Trinajstić information content (AvgIpc) is 2.30. The van der Waals surface area contributed by atoms with E-state index in [4.69, 9.17) is 0 Å². The van der Waals surface area contributed by atoms with Crippen LogP contribution in [-0.2, 0) is 6.42 Å².